The molecule has 1 saturated heterocycles. The first-order valence-corrected chi connectivity index (χ1v) is 11.1. The van der Waals surface area contributed by atoms with E-state index in [4.69, 9.17) is 23.2 Å². The molecule has 158 valence electrons. The number of nitrogens with zero attached hydrogens (tertiary/aromatic N) is 3. The van der Waals surface area contributed by atoms with Crippen LogP contribution < -0.4 is 0 Å². The van der Waals surface area contributed by atoms with Crippen LogP contribution in [0, 0.1) is 0 Å². The lowest BCUT2D eigenvalue weighted by Crippen LogP contribution is -2.18. The highest BCUT2D eigenvalue weighted by atomic mass is 35.5. The molecule has 0 radical (unpaired) electrons. The summed E-state index contributed by atoms with van der Waals surface area (Å²) in [5.41, 5.74) is 5.26. The zero-order chi connectivity index (χ0) is 21.3. The molecule has 0 saturated carbocycles. The van der Waals surface area contributed by atoms with E-state index >= 15 is 0 Å². The van der Waals surface area contributed by atoms with Crippen LogP contribution in [0.25, 0.3) is 11.1 Å². The summed E-state index contributed by atoms with van der Waals surface area (Å²) in [4.78, 5) is 6.84. The van der Waals surface area contributed by atoms with Gasteiger partial charge in [-0.05, 0) is 43.5 Å². The molecule has 0 atom stereocenters. The van der Waals surface area contributed by atoms with E-state index in [1.54, 1.807) is 12.4 Å². The Morgan fingerprint density at radius 2 is 1.93 bits per heavy atom. The number of hydrogen-bond donors (Lipinski definition) is 2. The number of halogens is 2. The number of aromatic hydroxyl groups is 1. The lowest BCUT2D eigenvalue weighted by molar-refractivity contribution is 0.324. The molecule has 3 heterocycles. The molecule has 0 bridgehead atoms. The molecule has 0 aliphatic carbocycles. The summed E-state index contributed by atoms with van der Waals surface area (Å²) in [7, 11) is 0. The van der Waals surface area contributed by atoms with Crippen LogP contribution in [0.4, 0.5) is 0 Å². The summed E-state index contributed by atoms with van der Waals surface area (Å²) >= 11 is 13.2. The third kappa shape index (κ3) is 4.34. The van der Waals surface area contributed by atoms with Gasteiger partial charge in [0.2, 0.25) is 0 Å². The fourth-order valence-corrected chi connectivity index (χ4v) is 4.65. The minimum absolute atomic E-state index is 0.256. The number of likely N-dealkylation sites (tertiary alicyclic amines) is 1. The van der Waals surface area contributed by atoms with Crippen molar-refractivity contribution in [3.8, 4) is 16.9 Å². The maximum Gasteiger partial charge on any atom is 0.120 e. The molecule has 4 rings (SSSR count). The number of aromatic nitrogens is 3. The topological polar surface area (TPSA) is 65.0 Å². The molecule has 2 N–H and O–H groups in total. The monoisotopic (exact) mass is 444 g/mol. The maximum absolute atomic E-state index is 10.5. The molecule has 1 aliphatic heterocycles. The van der Waals surface area contributed by atoms with Gasteiger partial charge in [0.15, 0.2) is 0 Å². The number of rotatable bonds is 6. The fraction of sp³-hybridized carbons (Fsp3) is 0.391. The highest BCUT2D eigenvalue weighted by molar-refractivity contribution is 6.39. The molecule has 1 aromatic carbocycles. The Bertz CT molecular complexity index is 1040. The lowest BCUT2D eigenvalue weighted by atomic mass is 9.98. The highest BCUT2D eigenvalue weighted by Gasteiger charge is 2.20. The fourth-order valence-electron chi connectivity index (χ4n) is 4.04. The molecular formula is C23H26Cl2N4O. The number of H-pyrrole nitrogens is 1. The molecule has 1 aliphatic rings. The summed E-state index contributed by atoms with van der Waals surface area (Å²) in [5, 5.41) is 18.8. The van der Waals surface area contributed by atoms with E-state index in [1.807, 2.05) is 18.2 Å². The maximum atomic E-state index is 10.5. The Kier molecular flexibility index (Phi) is 6.32. The van der Waals surface area contributed by atoms with Crippen molar-refractivity contribution in [3.05, 3.63) is 63.2 Å². The van der Waals surface area contributed by atoms with Crippen molar-refractivity contribution in [1.29, 1.82) is 0 Å². The zero-order valence-electron chi connectivity index (χ0n) is 17.3. The SMILES string of the molecule is CC(C)c1[nH]ncc1-c1c(Cl)cnc(Cc2ccc(CN3CCCC3)c(O)c2)c1Cl. The van der Waals surface area contributed by atoms with Crippen molar-refractivity contribution in [2.75, 3.05) is 13.1 Å². The molecule has 3 aromatic rings. The summed E-state index contributed by atoms with van der Waals surface area (Å²) in [6.07, 6.45) is 6.37. The van der Waals surface area contributed by atoms with Crippen LogP contribution in [0.2, 0.25) is 10.0 Å². The predicted molar refractivity (Wildman–Crippen MR) is 121 cm³/mol. The smallest absolute Gasteiger partial charge is 0.120 e. The van der Waals surface area contributed by atoms with E-state index in [1.165, 1.54) is 12.8 Å². The van der Waals surface area contributed by atoms with E-state index in [9.17, 15) is 5.11 Å². The number of aromatic amines is 1. The average molecular weight is 445 g/mol. The zero-order valence-corrected chi connectivity index (χ0v) is 18.8. The normalized spacial score (nSPS) is 14.7. The van der Waals surface area contributed by atoms with Crippen LogP contribution >= 0.6 is 23.2 Å². The summed E-state index contributed by atoms with van der Waals surface area (Å²) in [6.45, 7) is 7.16. The summed E-state index contributed by atoms with van der Waals surface area (Å²) < 4.78 is 0. The average Bonchev–Trinajstić information content (AvgIpc) is 3.38. The number of hydrogen-bond acceptors (Lipinski definition) is 4. The van der Waals surface area contributed by atoms with Gasteiger partial charge < -0.3 is 5.11 Å². The van der Waals surface area contributed by atoms with E-state index in [2.05, 4.69) is 33.9 Å². The van der Waals surface area contributed by atoms with Crippen LogP contribution in [0.15, 0.2) is 30.6 Å². The van der Waals surface area contributed by atoms with E-state index in [0.717, 1.165) is 53.3 Å². The number of phenols is 1. The highest BCUT2D eigenvalue weighted by Crippen LogP contribution is 2.39. The van der Waals surface area contributed by atoms with Crippen molar-refractivity contribution in [2.24, 2.45) is 0 Å². The van der Waals surface area contributed by atoms with Crippen LogP contribution in [0.5, 0.6) is 5.75 Å². The predicted octanol–water partition coefficient (Wildman–Crippen LogP) is 5.79. The third-order valence-electron chi connectivity index (χ3n) is 5.67. The third-order valence-corrected chi connectivity index (χ3v) is 6.37. The number of pyridine rings is 1. The van der Waals surface area contributed by atoms with Crippen molar-refractivity contribution < 1.29 is 5.11 Å². The molecular weight excluding hydrogens is 419 g/mol. The van der Waals surface area contributed by atoms with Gasteiger partial charge in [-0.1, -0.05) is 49.2 Å². The first kappa shape index (κ1) is 21.2. The first-order chi connectivity index (χ1) is 14.4. The molecule has 7 heteroatoms. The van der Waals surface area contributed by atoms with Crippen LogP contribution in [0.1, 0.15) is 55.1 Å². The van der Waals surface area contributed by atoms with Crippen molar-refractivity contribution in [3.63, 3.8) is 0 Å². The molecule has 5 nitrogen and oxygen atoms in total. The Balaban J connectivity index is 1.61. The lowest BCUT2D eigenvalue weighted by Gasteiger charge is -2.16. The summed E-state index contributed by atoms with van der Waals surface area (Å²) in [5.74, 6) is 0.577. The van der Waals surface area contributed by atoms with Gasteiger partial charge in [0, 0.05) is 41.5 Å². The van der Waals surface area contributed by atoms with Gasteiger partial charge in [-0.15, -0.1) is 0 Å². The van der Waals surface area contributed by atoms with E-state index in [-0.39, 0.29) is 5.92 Å². The Labute approximate surface area is 187 Å². The Morgan fingerprint density at radius 3 is 2.63 bits per heavy atom. The van der Waals surface area contributed by atoms with Gasteiger partial charge in [-0.3, -0.25) is 15.0 Å². The van der Waals surface area contributed by atoms with Gasteiger partial charge in [0.25, 0.3) is 0 Å². The first-order valence-electron chi connectivity index (χ1n) is 10.3. The second-order valence-electron chi connectivity index (χ2n) is 8.22. The number of phenolic OH excluding ortho intramolecular Hbond substituents is 1. The van der Waals surface area contributed by atoms with Crippen LogP contribution in [-0.4, -0.2) is 38.3 Å². The molecule has 1 fully saturated rings. The number of benzene rings is 1. The molecule has 30 heavy (non-hydrogen) atoms. The van der Waals surface area contributed by atoms with Crippen molar-refractivity contribution >= 4 is 23.2 Å². The van der Waals surface area contributed by atoms with Gasteiger partial charge >= 0.3 is 0 Å². The van der Waals surface area contributed by atoms with E-state index < -0.39 is 0 Å². The van der Waals surface area contributed by atoms with Crippen LogP contribution in [-0.2, 0) is 13.0 Å². The van der Waals surface area contributed by atoms with Crippen molar-refractivity contribution in [1.82, 2.24) is 20.1 Å². The number of nitrogens with one attached hydrogen (secondary N) is 1. The van der Waals surface area contributed by atoms with Gasteiger partial charge in [0.1, 0.15) is 5.75 Å². The van der Waals surface area contributed by atoms with E-state index in [0.29, 0.717) is 22.2 Å². The van der Waals surface area contributed by atoms with Gasteiger partial charge in [-0.25, -0.2) is 0 Å². The Morgan fingerprint density at radius 1 is 1.17 bits per heavy atom. The largest absolute Gasteiger partial charge is 0.508 e. The van der Waals surface area contributed by atoms with Gasteiger partial charge in [0.05, 0.1) is 21.9 Å². The summed E-state index contributed by atoms with van der Waals surface area (Å²) in [6, 6.07) is 5.85. The second-order valence-corrected chi connectivity index (χ2v) is 9.00. The standard InChI is InChI=1S/C23H26Cl2N4O/c1-14(2)23-17(11-27-28-23)21-18(24)12-26-19(22(21)25)9-15-5-6-16(20(30)10-15)13-29-7-3-4-8-29/h5-6,10-12,14,30H,3-4,7-9,13H2,1-2H3,(H,27,28). The molecule has 0 unspecified atom stereocenters. The quantitative estimate of drug-likeness (QED) is 0.504. The molecule has 2 aromatic heterocycles. The van der Waals surface area contributed by atoms with Crippen molar-refractivity contribution in [2.45, 2.75) is 45.6 Å². The van der Waals surface area contributed by atoms with Gasteiger partial charge in [-0.2, -0.15) is 5.10 Å². The molecule has 0 amide bonds. The van der Waals surface area contributed by atoms with Crippen LogP contribution in [0.3, 0.4) is 0 Å². The Hall–Kier alpha value is -2.08. The minimum Gasteiger partial charge on any atom is -0.508 e. The molecule has 0 spiro atoms. The second kappa shape index (κ2) is 8.96. The minimum atomic E-state index is 0.256.